The van der Waals surface area contributed by atoms with Crippen LogP contribution in [0, 0.1) is 0 Å². The largest absolute Gasteiger partial charge is 0.455 e. The summed E-state index contributed by atoms with van der Waals surface area (Å²) in [5.74, 6) is -0.701. The number of esters is 1. The molecular formula is C19H17ClN2O5S2. The molecule has 0 unspecified atom stereocenters. The van der Waals surface area contributed by atoms with Gasteiger partial charge < -0.3 is 9.47 Å². The number of aromatic nitrogens is 1. The number of ether oxygens (including phenoxy) is 2. The van der Waals surface area contributed by atoms with Gasteiger partial charge in [0.2, 0.25) is 10.0 Å². The predicted octanol–water partition coefficient (Wildman–Crippen LogP) is 3.33. The second kappa shape index (κ2) is 8.37. The monoisotopic (exact) mass is 452 g/mol. The van der Waals surface area contributed by atoms with E-state index in [9.17, 15) is 13.2 Å². The zero-order valence-corrected chi connectivity index (χ0v) is 17.6. The Balaban J connectivity index is 1.52. The first kappa shape index (κ1) is 20.2. The van der Waals surface area contributed by atoms with Gasteiger partial charge in [-0.1, -0.05) is 23.7 Å². The van der Waals surface area contributed by atoms with Gasteiger partial charge >= 0.3 is 5.97 Å². The van der Waals surface area contributed by atoms with Gasteiger partial charge in [-0.3, -0.25) is 0 Å². The number of rotatable bonds is 5. The molecule has 0 spiro atoms. The molecule has 29 heavy (non-hydrogen) atoms. The van der Waals surface area contributed by atoms with Crippen molar-refractivity contribution in [2.24, 2.45) is 0 Å². The van der Waals surface area contributed by atoms with Crippen molar-refractivity contribution in [1.82, 2.24) is 9.29 Å². The number of carbonyl (C=O) groups excluding carboxylic acids is 1. The summed E-state index contributed by atoms with van der Waals surface area (Å²) < 4.78 is 38.5. The molecule has 0 amide bonds. The fourth-order valence-electron chi connectivity index (χ4n) is 2.94. The summed E-state index contributed by atoms with van der Waals surface area (Å²) in [6.45, 7) is 1.19. The minimum atomic E-state index is -3.74. The Bertz CT molecular complexity index is 1120. The van der Waals surface area contributed by atoms with Gasteiger partial charge in [0.1, 0.15) is 11.6 Å². The molecule has 2 aromatic carbocycles. The molecule has 1 aliphatic heterocycles. The number of hydrogen-bond acceptors (Lipinski definition) is 7. The van der Waals surface area contributed by atoms with Crippen molar-refractivity contribution in [2.75, 3.05) is 26.3 Å². The molecule has 0 radical (unpaired) electrons. The number of morpholine rings is 1. The van der Waals surface area contributed by atoms with Crippen molar-refractivity contribution in [2.45, 2.75) is 11.5 Å². The van der Waals surface area contributed by atoms with E-state index in [1.165, 1.54) is 33.8 Å². The van der Waals surface area contributed by atoms with Crippen LogP contribution in [-0.2, 0) is 26.1 Å². The van der Waals surface area contributed by atoms with Gasteiger partial charge in [-0.15, -0.1) is 11.3 Å². The molecular weight excluding hydrogens is 436 g/mol. The molecule has 10 heteroatoms. The van der Waals surface area contributed by atoms with Crippen molar-refractivity contribution < 1.29 is 22.7 Å². The summed E-state index contributed by atoms with van der Waals surface area (Å²) in [5, 5.41) is 0.771. The Hall–Kier alpha value is -2.04. The topological polar surface area (TPSA) is 85.8 Å². The van der Waals surface area contributed by atoms with Crippen molar-refractivity contribution in [3.8, 4) is 0 Å². The third kappa shape index (κ3) is 4.29. The molecule has 3 aromatic rings. The summed E-state index contributed by atoms with van der Waals surface area (Å²) in [4.78, 5) is 17.0. The van der Waals surface area contributed by atoms with Crippen molar-refractivity contribution in [1.29, 1.82) is 0 Å². The van der Waals surface area contributed by atoms with E-state index in [4.69, 9.17) is 21.1 Å². The van der Waals surface area contributed by atoms with Crippen molar-refractivity contribution in [3.63, 3.8) is 0 Å². The number of carbonyl (C=O) groups is 1. The Morgan fingerprint density at radius 2 is 1.97 bits per heavy atom. The molecule has 0 bridgehead atoms. The normalized spacial score (nSPS) is 15.5. The maximum Gasteiger partial charge on any atom is 0.340 e. The van der Waals surface area contributed by atoms with Gasteiger partial charge in [-0.05, 0) is 30.3 Å². The molecule has 7 nitrogen and oxygen atoms in total. The highest BCUT2D eigenvalue weighted by Gasteiger charge is 2.28. The van der Waals surface area contributed by atoms with Crippen LogP contribution in [0.15, 0.2) is 47.4 Å². The highest BCUT2D eigenvalue weighted by atomic mass is 35.5. The molecule has 0 atom stereocenters. The molecule has 0 N–H and O–H groups in total. The number of fused-ring (bicyclic) bond motifs is 1. The Kier molecular flexibility index (Phi) is 5.84. The van der Waals surface area contributed by atoms with E-state index in [-0.39, 0.29) is 35.2 Å². The van der Waals surface area contributed by atoms with E-state index in [0.29, 0.717) is 18.2 Å². The van der Waals surface area contributed by atoms with Gasteiger partial charge in [0, 0.05) is 13.1 Å². The van der Waals surface area contributed by atoms with Crippen LogP contribution in [0.2, 0.25) is 5.02 Å². The second-order valence-corrected chi connectivity index (χ2v) is 9.77. The van der Waals surface area contributed by atoms with Gasteiger partial charge in [0.25, 0.3) is 0 Å². The predicted molar refractivity (Wildman–Crippen MR) is 110 cm³/mol. The first-order valence-electron chi connectivity index (χ1n) is 8.84. The van der Waals surface area contributed by atoms with Crippen LogP contribution in [0.5, 0.6) is 0 Å². The van der Waals surface area contributed by atoms with Crippen LogP contribution in [0.25, 0.3) is 10.2 Å². The van der Waals surface area contributed by atoms with Crippen molar-refractivity contribution in [3.05, 3.63) is 58.1 Å². The quantitative estimate of drug-likeness (QED) is 0.552. The SMILES string of the molecule is O=C(OCc1nc2ccccc2s1)c1cc(S(=O)(=O)N2CCOCC2)ccc1Cl. The summed E-state index contributed by atoms with van der Waals surface area (Å²) in [7, 11) is -3.74. The van der Waals surface area contributed by atoms with Crippen LogP contribution in [0.1, 0.15) is 15.4 Å². The number of thiazole rings is 1. The number of hydrogen-bond donors (Lipinski definition) is 0. The fourth-order valence-corrected chi connectivity index (χ4v) is 5.45. The average Bonchev–Trinajstić information content (AvgIpc) is 3.16. The highest BCUT2D eigenvalue weighted by Crippen LogP contribution is 2.26. The van der Waals surface area contributed by atoms with E-state index in [1.807, 2.05) is 24.3 Å². The summed E-state index contributed by atoms with van der Waals surface area (Å²) in [6.07, 6.45) is 0. The van der Waals surface area contributed by atoms with Gasteiger partial charge in [0.15, 0.2) is 0 Å². The van der Waals surface area contributed by atoms with Gasteiger partial charge in [-0.25, -0.2) is 18.2 Å². The lowest BCUT2D eigenvalue weighted by Crippen LogP contribution is -2.40. The van der Waals surface area contributed by atoms with Gasteiger partial charge in [0.05, 0.1) is 38.9 Å². The number of nitrogens with zero attached hydrogens (tertiary/aromatic N) is 2. The lowest BCUT2D eigenvalue weighted by atomic mass is 10.2. The molecule has 0 saturated carbocycles. The standard InChI is InChI=1S/C19H17ClN2O5S2/c20-15-6-5-13(29(24,25)22-7-9-26-10-8-22)11-14(15)19(23)27-12-18-21-16-3-1-2-4-17(16)28-18/h1-6,11H,7-10,12H2. The van der Waals surface area contributed by atoms with Gasteiger partial charge in [-0.2, -0.15) is 4.31 Å². The van der Waals surface area contributed by atoms with Crippen LogP contribution < -0.4 is 0 Å². The molecule has 1 saturated heterocycles. The minimum absolute atomic E-state index is 0.00196. The minimum Gasteiger partial charge on any atom is -0.455 e. The number of halogens is 1. The van der Waals surface area contributed by atoms with E-state index in [2.05, 4.69) is 4.98 Å². The lowest BCUT2D eigenvalue weighted by molar-refractivity contribution is 0.0472. The average molecular weight is 453 g/mol. The maximum absolute atomic E-state index is 12.8. The Labute approximate surface area is 176 Å². The summed E-state index contributed by atoms with van der Waals surface area (Å²) in [6, 6.07) is 11.7. The highest BCUT2D eigenvalue weighted by molar-refractivity contribution is 7.89. The molecule has 4 rings (SSSR count). The molecule has 1 fully saturated rings. The fraction of sp³-hybridized carbons (Fsp3) is 0.263. The van der Waals surface area contributed by atoms with E-state index in [0.717, 1.165) is 10.2 Å². The second-order valence-electron chi connectivity index (χ2n) is 6.31. The van der Waals surface area contributed by atoms with E-state index in [1.54, 1.807) is 0 Å². The van der Waals surface area contributed by atoms with E-state index >= 15 is 0 Å². The maximum atomic E-state index is 12.8. The number of para-hydroxylation sites is 1. The zero-order valence-electron chi connectivity index (χ0n) is 15.2. The zero-order chi connectivity index (χ0) is 20.4. The molecule has 2 heterocycles. The summed E-state index contributed by atoms with van der Waals surface area (Å²) in [5.41, 5.74) is 0.835. The first-order valence-corrected chi connectivity index (χ1v) is 11.5. The number of sulfonamides is 1. The van der Waals surface area contributed by atoms with Crippen LogP contribution >= 0.6 is 22.9 Å². The number of benzene rings is 2. The third-order valence-electron chi connectivity index (χ3n) is 4.43. The Morgan fingerprint density at radius 1 is 1.21 bits per heavy atom. The van der Waals surface area contributed by atoms with Crippen LogP contribution in [0.4, 0.5) is 0 Å². The third-order valence-corrected chi connectivity index (χ3v) is 7.66. The molecule has 1 aliphatic rings. The smallest absolute Gasteiger partial charge is 0.340 e. The molecule has 152 valence electrons. The molecule has 1 aromatic heterocycles. The van der Waals surface area contributed by atoms with E-state index < -0.39 is 16.0 Å². The van der Waals surface area contributed by atoms with Crippen LogP contribution in [-0.4, -0.2) is 50.0 Å². The lowest BCUT2D eigenvalue weighted by Gasteiger charge is -2.26. The first-order chi connectivity index (χ1) is 13.9. The Morgan fingerprint density at radius 3 is 2.72 bits per heavy atom. The molecule has 0 aliphatic carbocycles. The van der Waals surface area contributed by atoms with Crippen molar-refractivity contribution >= 4 is 49.1 Å². The van der Waals surface area contributed by atoms with Crippen LogP contribution in [0.3, 0.4) is 0 Å². The summed E-state index contributed by atoms with van der Waals surface area (Å²) >= 11 is 7.56.